The van der Waals surface area contributed by atoms with E-state index in [1.807, 2.05) is 12.1 Å². The average Bonchev–Trinajstić information content (AvgIpc) is 2.39. The smallest absolute Gasteiger partial charge is 0.119 e. The molecule has 0 saturated carbocycles. The molecule has 0 heterocycles. The third-order valence-electron chi connectivity index (χ3n) is 3.53. The van der Waals surface area contributed by atoms with Crippen LogP contribution in [0.25, 0.3) is 0 Å². The second kappa shape index (κ2) is 7.39. The van der Waals surface area contributed by atoms with Gasteiger partial charge in [-0.05, 0) is 30.7 Å². The fourth-order valence-corrected chi connectivity index (χ4v) is 2.17. The minimum Gasteiger partial charge on any atom is -0.497 e. The first-order valence-corrected chi connectivity index (χ1v) is 6.66. The molecule has 2 N–H and O–H groups in total. The molecular weight excluding hydrogens is 224 g/mol. The van der Waals surface area contributed by atoms with Gasteiger partial charge in [0.1, 0.15) is 5.75 Å². The largest absolute Gasteiger partial charge is 0.497 e. The van der Waals surface area contributed by atoms with Crippen LogP contribution in [0.1, 0.15) is 31.9 Å². The van der Waals surface area contributed by atoms with Gasteiger partial charge in [-0.2, -0.15) is 0 Å². The summed E-state index contributed by atoms with van der Waals surface area (Å²) in [6.07, 6.45) is 1.19. The van der Waals surface area contributed by atoms with Crippen molar-refractivity contribution in [2.75, 3.05) is 27.2 Å². The first-order chi connectivity index (χ1) is 8.62. The molecule has 102 valence electrons. The quantitative estimate of drug-likeness (QED) is 0.808. The molecule has 2 atom stereocenters. The van der Waals surface area contributed by atoms with Crippen LogP contribution in [0.3, 0.4) is 0 Å². The van der Waals surface area contributed by atoms with Gasteiger partial charge in [0.2, 0.25) is 0 Å². The second-order valence-electron chi connectivity index (χ2n) is 4.98. The molecule has 0 amide bonds. The van der Waals surface area contributed by atoms with Crippen LogP contribution >= 0.6 is 0 Å². The fraction of sp³-hybridized carbons (Fsp3) is 0.600. The molecule has 0 aliphatic heterocycles. The van der Waals surface area contributed by atoms with Crippen LogP contribution in [0.2, 0.25) is 0 Å². The van der Waals surface area contributed by atoms with Crippen molar-refractivity contribution in [3.05, 3.63) is 29.8 Å². The molecule has 0 aliphatic rings. The zero-order chi connectivity index (χ0) is 13.5. The maximum Gasteiger partial charge on any atom is 0.119 e. The SMILES string of the molecule is CCC(C)CN(C)C(CN)c1cccc(OC)c1. The topological polar surface area (TPSA) is 38.5 Å². The molecule has 1 rings (SSSR count). The molecule has 0 saturated heterocycles. The Balaban J connectivity index is 2.80. The van der Waals surface area contributed by atoms with Gasteiger partial charge in [-0.3, -0.25) is 4.90 Å². The number of methoxy groups -OCH3 is 1. The highest BCUT2D eigenvalue weighted by molar-refractivity contribution is 5.30. The molecule has 0 aliphatic carbocycles. The molecule has 1 aromatic carbocycles. The molecule has 3 heteroatoms. The van der Waals surface area contributed by atoms with Crippen molar-refractivity contribution in [1.82, 2.24) is 4.90 Å². The molecule has 0 bridgehead atoms. The summed E-state index contributed by atoms with van der Waals surface area (Å²) in [5, 5.41) is 0. The fourth-order valence-electron chi connectivity index (χ4n) is 2.17. The van der Waals surface area contributed by atoms with E-state index in [4.69, 9.17) is 10.5 Å². The van der Waals surface area contributed by atoms with Gasteiger partial charge >= 0.3 is 0 Å². The standard InChI is InChI=1S/C15H26N2O/c1-5-12(2)11-17(3)15(10-16)13-7-6-8-14(9-13)18-4/h6-9,12,15H,5,10-11,16H2,1-4H3. The first kappa shape index (κ1) is 15.0. The Hall–Kier alpha value is -1.06. The predicted octanol–water partition coefficient (Wildman–Crippen LogP) is 2.67. The summed E-state index contributed by atoms with van der Waals surface area (Å²) in [6, 6.07) is 8.44. The Morgan fingerprint density at radius 1 is 1.39 bits per heavy atom. The van der Waals surface area contributed by atoms with Crippen molar-refractivity contribution in [2.45, 2.75) is 26.3 Å². The summed E-state index contributed by atoms with van der Waals surface area (Å²) < 4.78 is 5.27. The van der Waals surface area contributed by atoms with Gasteiger partial charge in [0, 0.05) is 19.1 Å². The van der Waals surface area contributed by atoms with Crippen molar-refractivity contribution in [1.29, 1.82) is 0 Å². The number of hydrogen-bond acceptors (Lipinski definition) is 3. The summed E-state index contributed by atoms with van der Waals surface area (Å²) in [5.41, 5.74) is 7.16. The number of ether oxygens (including phenoxy) is 1. The number of nitrogens with two attached hydrogens (primary N) is 1. The van der Waals surface area contributed by atoms with Crippen LogP contribution in [-0.4, -0.2) is 32.1 Å². The zero-order valence-corrected chi connectivity index (χ0v) is 12.0. The lowest BCUT2D eigenvalue weighted by molar-refractivity contribution is 0.215. The highest BCUT2D eigenvalue weighted by atomic mass is 16.5. The van der Waals surface area contributed by atoms with Crippen LogP contribution in [0, 0.1) is 5.92 Å². The average molecular weight is 250 g/mol. The van der Waals surface area contributed by atoms with Gasteiger partial charge in [-0.15, -0.1) is 0 Å². The third-order valence-corrected chi connectivity index (χ3v) is 3.53. The Kier molecular flexibility index (Phi) is 6.16. The molecule has 3 nitrogen and oxygen atoms in total. The summed E-state index contributed by atoms with van der Waals surface area (Å²) in [6.45, 7) is 6.19. The van der Waals surface area contributed by atoms with Gasteiger partial charge in [-0.1, -0.05) is 32.4 Å². The molecule has 0 fully saturated rings. The monoisotopic (exact) mass is 250 g/mol. The minimum absolute atomic E-state index is 0.258. The van der Waals surface area contributed by atoms with Crippen molar-refractivity contribution in [3.8, 4) is 5.75 Å². The third kappa shape index (κ3) is 4.00. The number of rotatable bonds is 7. The maximum absolute atomic E-state index is 5.93. The van der Waals surface area contributed by atoms with E-state index in [0.717, 1.165) is 12.3 Å². The van der Waals surface area contributed by atoms with E-state index < -0.39 is 0 Å². The Labute approximate surface area is 111 Å². The summed E-state index contributed by atoms with van der Waals surface area (Å²) >= 11 is 0. The second-order valence-corrected chi connectivity index (χ2v) is 4.98. The summed E-state index contributed by atoms with van der Waals surface area (Å²) in [4.78, 5) is 2.34. The normalized spacial score (nSPS) is 14.6. The lowest BCUT2D eigenvalue weighted by Crippen LogP contribution is -2.33. The Bertz CT molecular complexity index is 354. The van der Waals surface area contributed by atoms with Crippen LogP contribution < -0.4 is 10.5 Å². The van der Waals surface area contributed by atoms with Crippen LogP contribution in [0.5, 0.6) is 5.75 Å². The number of benzene rings is 1. The van der Waals surface area contributed by atoms with Gasteiger partial charge in [0.15, 0.2) is 0 Å². The van der Waals surface area contributed by atoms with Gasteiger partial charge < -0.3 is 10.5 Å². The van der Waals surface area contributed by atoms with Gasteiger partial charge in [-0.25, -0.2) is 0 Å². The van der Waals surface area contributed by atoms with E-state index in [1.54, 1.807) is 7.11 Å². The summed E-state index contributed by atoms with van der Waals surface area (Å²) in [7, 11) is 3.84. The molecule has 0 aromatic heterocycles. The van der Waals surface area contributed by atoms with Crippen LogP contribution in [-0.2, 0) is 0 Å². The van der Waals surface area contributed by atoms with Crippen LogP contribution in [0.4, 0.5) is 0 Å². The molecule has 1 aromatic rings. The van der Waals surface area contributed by atoms with E-state index >= 15 is 0 Å². The predicted molar refractivity (Wildman–Crippen MR) is 76.9 cm³/mol. The lowest BCUT2D eigenvalue weighted by atomic mass is 10.0. The van der Waals surface area contributed by atoms with E-state index in [-0.39, 0.29) is 6.04 Å². The van der Waals surface area contributed by atoms with Crippen molar-refractivity contribution in [3.63, 3.8) is 0 Å². The highest BCUT2D eigenvalue weighted by Gasteiger charge is 2.17. The van der Waals surface area contributed by atoms with E-state index in [0.29, 0.717) is 12.5 Å². The maximum atomic E-state index is 5.93. The summed E-state index contributed by atoms with van der Waals surface area (Å²) in [5.74, 6) is 1.58. The number of likely N-dealkylation sites (N-methyl/N-ethyl adjacent to an activating group) is 1. The lowest BCUT2D eigenvalue weighted by Gasteiger charge is -2.29. The zero-order valence-electron chi connectivity index (χ0n) is 12.0. The van der Waals surface area contributed by atoms with E-state index in [1.165, 1.54) is 12.0 Å². The molecular formula is C15H26N2O. The van der Waals surface area contributed by atoms with Crippen LogP contribution in [0.15, 0.2) is 24.3 Å². The number of hydrogen-bond donors (Lipinski definition) is 1. The van der Waals surface area contributed by atoms with Crippen molar-refractivity contribution < 1.29 is 4.74 Å². The van der Waals surface area contributed by atoms with Crippen molar-refractivity contribution >= 4 is 0 Å². The molecule has 2 unspecified atom stereocenters. The van der Waals surface area contributed by atoms with E-state index in [2.05, 4.69) is 37.9 Å². The molecule has 18 heavy (non-hydrogen) atoms. The van der Waals surface area contributed by atoms with E-state index in [9.17, 15) is 0 Å². The Morgan fingerprint density at radius 2 is 2.11 bits per heavy atom. The van der Waals surface area contributed by atoms with Gasteiger partial charge in [0.25, 0.3) is 0 Å². The molecule has 0 spiro atoms. The molecule has 0 radical (unpaired) electrons. The first-order valence-electron chi connectivity index (χ1n) is 6.66. The highest BCUT2D eigenvalue weighted by Crippen LogP contribution is 2.23. The Morgan fingerprint density at radius 3 is 2.67 bits per heavy atom. The van der Waals surface area contributed by atoms with Gasteiger partial charge in [0.05, 0.1) is 7.11 Å². The minimum atomic E-state index is 0.258. The van der Waals surface area contributed by atoms with Crippen molar-refractivity contribution in [2.24, 2.45) is 11.7 Å². The number of nitrogens with zero attached hydrogens (tertiary/aromatic N) is 1.